The Bertz CT molecular complexity index is 663. The molecule has 0 radical (unpaired) electrons. The molecule has 2 N–H and O–H groups in total. The quantitative estimate of drug-likeness (QED) is 0.393. The van der Waals surface area contributed by atoms with Gasteiger partial charge < -0.3 is 10.6 Å². The molecule has 24 heavy (non-hydrogen) atoms. The minimum absolute atomic E-state index is 0.277. The number of allylic oxidation sites excluding steroid dienone is 4. The molecular formula is C18H21FN4O. The maximum absolute atomic E-state index is 13.3. The van der Waals surface area contributed by atoms with E-state index in [-0.39, 0.29) is 5.82 Å². The van der Waals surface area contributed by atoms with Crippen LogP contribution in [0.2, 0.25) is 0 Å². The summed E-state index contributed by atoms with van der Waals surface area (Å²) in [7, 11) is 1.79. The van der Waals surface area contributed by atoms with Crippen molar-refractivity contribution in [3.63, 3.8) is 0 Å². The van der Waals surface area contributed by atoms with E-state index in [2.05, 4.69) is 27.3 Å². The summed E-state index contributed by atoms with van der Waals surface area (Å²) in [5.41, 5.74) is 2.27. The molecular weight excluding hydrogens is 307 g/mol. The van der Waals surface area contributed by atoms with Crippen molar-refractivity contribution in [1.82, 2.24) is 10.6 Å². The number of rotatable bonds is 10. The Balaban J connectivity index is 3.11. The highest BCUT2D eigenvalue weighted by Gasteiger charge is 2.02. The van der Waals surface area contributed by atoms with E-state index in [0.717, 1.165) is 11.1 Å². The first kappa shape index (κ1) is 19.2. The molecule has 0 aliphatic heterocycles. The number of nitrogens with zero attached hydrogens (tertiary/aromatic N) is 2. The van der Waals surface area contributed by atoms with Crippen molar-refractivity contribution in [3.8, 4) is 0 Å². The topological polar surface area (TPSA) is 65.8 Å². The van der Waals surface area contributed by atoms with Crippen LogP contribution in [0.1, 0.15) is 5.56 Å². The summed E-state index contributed by atoms with van der Waals surface area (Å²) in [6.45, 7) is 3.83. The van der Waals surface area contributed by atoms with Crippen molar-refractivity contribution in [2.45, 2.75) is 6.42 Å². The van der Waals surface area contributed by atoms with E-state index in [1.54, 1.807) is 25.3 Å². The second-order valence-electron chi connectivity index (χ2n) is 4.66. The highest BCUT2D eigenvalue weighted by molar-refractivity contribution is 6.10. The van der Waals surface area contributed by atoms with Crippen LogP contribution in [0.3, 0.4) is 0 Å². The average Bonchev–Trinajstić information content (AvgIpc) is 2.59. The van der Waals surface area contributed by atoms with Gasteiger partial charge in [-0.25, -0.2) is 4.39 Å². The summed E-state index contributed by atoms with van der Waals surface area (Å²) >= 11 is 0. The van der Waals surface area contributed by atoms with Crippen molar-refractivity contribution < 1.29 is 9.18 Å². The predicted molar refractivity (Wildman–Crippen MR) is 96.6 cm³/mol. The fraction of sp³-hybridized carbons (Fsp3) is 0.167. The molecule has 0 fully saturated rings. The molecule has 0 aliphatic rings. The van der Waals surface area contributed by atoms with Crippen LogP contribution in [0.4, 0.5) is 4.39 Å². The smallest absolute Gasteiger partial charge is 0.211 e. The van der Waals surface area contributed by atoms with Crippen LogP contribution in [-0.2, 0) is 11.2 Å². The Labute approximate surface area is 141 Å². The van der Waals surface area contributed by atoms with Crippen molar-refractivity contribution in [2.75, 3.05) is 13.7 Å². The van der Waals surface area contributed by atoms with Crippen LogP contribution in [0.25, 0.3) is 0 Å². The molecule has 0 aromatic heterocycles. The number of benzene rings is 1. The van der Waals surface area contributed by atoms with Crippen LogP contribution < -0.4 is 10.6 Å². The zero-order chi connectivity index (χ0) is 17.6. The van der Waals surface area contributed by atoms with Crippen LogP contribution in [0.15, 0.2) is 70.5 Å². The molecule has 126 valence electrons. The predicted octanol–water partition coefficient (Wildman–Crippen LogP) is 2.39. The van der Waals surface area contributed by atoms with Gasteiger partial charge in [0.15, 0.2) is 0 Å². The van der Waals surface area contributed by atoms with Gasteiger partial charge in [-0.05, 0) is 55.6 Å². The van der Waals surface area contributed by atoms with Gasteiger partial charge in [0.25, 0.3) is 0 Å². The monoisotopic (exact) mass is 328 g/mol. The van der Waals surface area contributed by atoms with E-state index in [1.807, 2.05) is 12.1 Å². The minimum atomic E-state index is -0.277. The number of aliphatic imine (C=N–C) groups is 2. The van der Waals surface area contributed by atoms with Crippen LogP contribution in [-0.4, -0.2) is 32.6 Å². The number of hydrogen-bond donors (Lipinski definition) is 2. The van der Waals surface area contributed by atoms with E-state index >= 15 is 0 Å². The Kier molecular flexibility index (Phi) is 9.33. The molecule has 0 heterocycles. The van der Waals surface area contributed by atoms with E-state index in [9.17, 15) is 9.18 Å². The third kappa shape index (κ3) is 7.42. The molecule has 0 bridgehead atoms. The lowest BCUT2D eigenvalue weighted by atomic mass is 10.1. The third-order valence-corrected chi connectivity index (χ3v) is 2.91. The Morgan fingerprint density at radius 2 is 2.21 bits per heavy atom. The van der Waals surface area contributed by atoms with Crippen LogP contribution in [0, 0.1) is 5.82 Å². The maximum atomic E-state index is 13.3. The summed E-state index contributed by atoms with van der Waals surface area (Å²) in [4.78, 5) is 18.5. The molecule has 0 saturated heterocycles. The molecule has 6 heteroatoms. The Morgan fingerprint density at radius 3 is 2.88 bits per heavy atom. The molecule has 1 aromatic carbocycles. The van der Waals surface area contributed by atoms with Crippen molar-refractivity contribution in [2.24, 2.45) is 9.98 Å². The van der Waals surface area contributed by atoms with Crippen molar-refractivity contribution in [1.29, 1.82) is 0 Å². The molecule has 0 spiro atoms. The largest absolute Gasteiger partial charge is 0.335 e. The van der Waals surface area contributed by atoms with Crippen molar-refractivity contribution >= 4 is 18.8 Å². The van der Waals surface area contributed by atoms with E-state index in [1.165, 1.54) is 24.5 Å². The lowest BCUT2D eigenvalue weighted by Crippen LogP contribution is -2.09. The first-order valence-corrected chi connectivity index (χ1v) is 7.34. The Morgan fingerprint density at radius 1 is 1.38 bits per heavy atom. The fourth-order valence-electron chi connectivity index (χ4n) is 1.85. The lowest BCUT2D eigenvalue weighted by molar-refractivity contribution is -0.108. The molecule has 0 atom stereocenters. The summed E-state index contributed by atoms with van der Waals surface area (Å²) in [6.07, 6.45) is 9.47. The number of carbonyl (C=O) groups excluding carboxylic acids is 1. The average molecular weight is 328 g/mol. The molecule has 1 aromatic rings. The van der Waals surface area contributed by atoms with Gasteiger partial charge >= 0.3 is 0 Å². The van der Waals surface area contributed by atoms with Gasteiger partial charge in [0.1, 0.15) is 5.82 Å². The van der Waals surface area contributed by atoms with Crippen LogP contribution in [0.5, 0.6) is 0 Å². The van der Waals surface area contributed by atoms with Gasteiger partial charge in [0.05, 0.1) is 12.4 Å². The highest BCUT2D eigenvalue weighted by atomic mass is 19.1. The molecule has 5 nitrogen and oxygen atoms in total. The van der Waals surface area contributed by atoms with Gasteiger partial charge in [0, 0.05) is 12.4 Å². The van der Waals surface area contributed by atoms with E-state index in [0.29, 0.717) is 25.2 Å². The standard InChI is InChI=1S/C18H21FN4O/c1-20-10-9-18(23-13-21-2)16(8-11-22-14-24)7-6-15-4-3-5-17(19)12-15/h3-5,7-12,14,21H,1,6,13H2,2H3,(H,22,24)/b10-9-,11-8-,16-7-,23-18+. The van der Waals surface area contributed by atoms with Gasteiger partial charge in [0.2, 0.25) is 6.41 Å². The maximum Gasteiger partial charge on any atom is 0.211 e. The summed E-state index contributed by atoms with van der Waals surface area (Å²) in [5, 5.41) is 5.40. The normalized spacial score (nSPS) is 12.8. The molecule has 0 aliphatic carbocycles. The zero-order valence-corrected chi connectivity index (χ0v) is 13.6. The second-order valence-corrected chi connectivity index (χ2v) is 4.66. The SMILES string of the molecule is C=N\C=C/C(=N\CNC)C(/C=C\NC=O)=C\Cc1cccc(F)c1. The number of amides is 1. The number of hydrogen-bond acceptors (Lipinski definition) is 4. The minimum Gasteiger partial charge on any atom is -0.335 e. The van der Waals surface area contributed by atoms with Gasteiger partial charge in [-0.1, -0.05) is 18.2 Å². The summed E-state index contributed by atoms with van der Waals surface area (Å²) in [6, 6.07) is 6.39. The molecule has 0 unspecified atom stereocenters. The molecule has 0 saturated carbocycles. The van der Waals surface area contributed by atoms with Gasteiger partial charge in [-0.2, -0.15) is 0 Å². The molecule has 1 amide bonds. The van der Waals surface area contributed by atoms with Crippen molar-refractivity contribution in [3.05, 3.63) is 71.8 Å². The first-order chi connectivity index (χ1) is 11.7. The van der Waals surface area contributed by atoms with E-state index < -0.39 is 0 Å². The number of nitrogens with one attached hydrogen (secondary N) is 2. The zero-order valence-electron chi connectivity index (χ0n) is 13.6. The number of halogens is 1. The first-order valence-electron chi connectivity index (χ1n) is 7.34. The Hall–Kier alpha value is -2.86. The highest BCUT2D eigenvalue weighted by Crippen LogP contribution is 2.09. The summed E-state index contributed by atoms with van der Waals surface area (Å²) in [5.74, 6) is -0.277. The fourth-order valence-corrected chi connectivity index (χ4v) is 1.85. The van der Waals surface area contributed by atoms with Crippen LogP contribution >= 0.6 is 0 Å². The third-order valence-electron chi connectivity index (χ3n) is 2.91. The summed E-state index contributed by atoms with van der Waals surface area (Å²) < 4.78 is 13.3. The lowest BCUT2D eigenvalue weighted by Gasteiger charge is -2.05. The number of carbonyl (C=O) groups is 1. The van der Waals surface area contributed by atoms with E-state index in [4.69, 9.17) is 0 Å². The molecule has 1 rings (SSSR count). The second kappa shape index (κ2) is 11.7. The van der Waals surface area contributed by atoms with Gasteiger partial charge in [-0.3, -0.25) is 14.8 Å². The van der Waals surface area contributed by atoms with Gasteiger partial charge in [-0.15, -0.1) is 0 Å².